The largest absolute Gasteiger partial charge is 0.385 e. The number of hydrogen-bond acceptors (Lipinski definition) is 5. The summed E-state index contributed by atoms with van der Waals surface area (Å²) in [5.74, 6) is -1.57. The van der Waals surface area contributed by atoms with Gasteiger partial charge in [0.1, 0.15) is 24.0 Å². The number of carbonyl (C=O) groups is 2. The lowest BCUT2D eigenvalue weighted by Gasteiger charge is -2.24. The number of nitrogens with one attached hydrogen (secondary N) is 1. The molecule has 2 heterocycles. The van der Waals surface area contributed by atoms with Crippen LogP contribution < -0.4 is 10.2 Å². The van der Waals surface area contributed by atoms with Gasteiger partial charge in [-0.15, -0.1) is 11.8 Å². The van der Waals surface area contributed by atoms with Gasteiger partial charge >= 0.3 is 0 Å². The maximum absolute atomic E-state index is 15.2. The van der Waals surface area contributed by atoms with Crippen molar-refractivity contribution in [2.75, 3.05) is 37.5 Å². The lowest BCUT2D eigenvalue weighted by atomic mass is 9.87. The Morgan fingerprint density at radius 1 is 1.18 bits per heavy atom. The lowest BCUT2D eigenvalue weighted by molar-refractivity contribution is -0.122. The van der Waals surface area contributed by atoms with E-state index in [-0.39, 0.29) is 29.7 Å². The summed E-state index contributed by atoms with van der Waals surface area (Å²) >= 11 is 1.25. The molecule has 0 saturated heterocycles. The van der Waals surface area contributed by atoms with Gasteiger partial charge in [-0.1, -0.05) is 44.5 Å². The quantitative estimate of drug-likeness (QED) is 0.392. The van der Waals surface area contributed by atoms with Crippen molar-refractivity contribution >= 4 is 29.4 Å². The summed E-state index contributed by atoms with van der Waals surface area (Å²) in [6, 6.07) is 11.2. The molecule has 0 fully saturated rings. The van der Waals surface area contributed by atoms with Crippen LogP contribution in [-0.2, 0) is 19.7 Å². The van der Waals surface area contributed by atoms with E-state index in [4.69, 9.17) is 9.84 Å². The lowest BCUT2D eigenvalue weighted by Crippen LogP contribution is -2.42. The number of aromatic nitrogens is 2. The average molecular weight is 557 g/mol. The molecule has 208 valence electrons. The normalized spacial score (nSPS) is 15.7. The Balaban J connectivity index is 1.92. The van der Waals surface area contributed by atoms with E-state index in [2.05, 4.69) is 5.32 Å². The molecule has 0 radical (unpaired) electrons. The fourth-order valence-electron chi connectivity index (χ4n) is 4.54. The first-order valence-corrected chi connectivity index (χ1v) is 13.9. The van der Waals surface area contributed by atoms with Crippen LogP contribution in [0.3, 0.4) is 0 Å². The molecule has 1 atom stereocenters. The summed E-state index contributed by atoms with van der Waals surface area (Å²) in [5, 5.41) is 7.17. The predicted octanol–water partition coefficient (Wildman–Crippen LogP) is 5.08. The third kappa shape index (κ3) is 6.33. The Morgan fingerprint density at radius 3 is 2.54 bits per heavy atom. The molecule has 0 unspecified atom stereocenters. The molecule has 0 aliphatic carbocycles. The molecule has 1 aliphatic heterocycles. The molecule has 2 amide bonds. The first-order chi connectivity index (χ1) is 18.5. The number of benzene rings is 2. The van der Waals surface area contributed by atoms with Gasteiger partial charge in [0.2, 0.25) is 11.8 Å². The number of amides is 2. The summed E-state index contributed by atoms with van der Waals surface area (Å²) in [5.41, 5.74) is 2.83. The van der Waals surface area contributed by atoms with Crippen molar-refractivity contribution in [3.05, 3.63) is 76.5 Å². The minimum Gasteiger partial charge on any atom is -0.385 e. The highest BCUT2D eigenvalue weighted by Gasteiger charge is 2.40. The molecule has 10 heteroatoms. The smallest absolute Gasteiger partial charge is 0.240 e. The predicted molar refractivity (Wildman–Crippen MR) is 150 cm³/mol. The van der Waals surface area contributed by atoms with E-state index in [0.717, 1.165) is 11.6 Å². The molecular formula is C29H34F2N4O3S. The number of hydrogen-bond donors (Lipinski definition) is 1. The number of thioether (sulfide) groups is 1. The molecule has 0 bridgehead atoms. The van der Waals surface area contributed by atoms with E-state index < -0.39 is 22.3 Å². The number of fused-ring (bicyclic) bond motifs is 1. The fourth-order valence-corrected chi connectivity index (χ4v) is 5.76. The summed E-state index contributed by atoms with van der Waals surface area (Å²) in [6.45, 7) is 8.65. The molecule has 4 rings (SSSR count). The topological polar surface area (TPSA) is 76.5 Å². The second-order valence-corrected chi connectivity index (χ2v) is 11.7. The fraction of sp³-hybridized carbons (Fsp3) is 0.414. The highest BCUT2D eigenvalue weighted by Crippen LogP contribution is 2.49. The Hall–Kier alpha value is -3.24. The molecule has 3 aromatic rings. The minimum atomic E-state index is -0.696. The van der Waals surface area contributed by atoms with Crippen molar-refractivity contribution < 1.29 is 23.1 Å². The van der Waals surface area contributed by atoms with Crippen LogP contribution in [-0.4, -0.2) is 54.2 Å². The number of methoxy groups -OCH3 is 1. The van der Waals surface area contributed by atoms with Crippen molar-refractivity contribution in [2.45, 2.75) is 44.8 Å². The highest BCUT2D eigenvalue weighted by atomic mass is 32.2. The average Bonchev–Trinajstić information content (AvgIpc) is 3.21. The van der Waals surface area contributed by atoms with Gasteiger partial charge in [-0.3, -0.25) is 14.5 Å². The number of anilines is 1. The Labute approximate surface area is 231 Å². The van der Waals surface area contributed by atoms with E-state index in [9.17, 15) is 14.0 Å². The maximum Gasteiger partial charge on any atom is 0.240 e. The molecular weight excluding hydrogens is 522 g/mol. The second kappa shape index (κ2) is 11.9. The standard InChI is InChI=1S/C29H34F2N4O3S/c1-18-7-10-20(11-8-18)35-28-25(27(33-35)29(2,3)4)26(21-12-9-19(30)15-22(21)31)39-17-24(37)34(28)16-23(36)32-13-6-14-38-5/h7-12,15,26H,6,13-14,16-17H2,1-5H3,(H,32,36)/t26-/m0/s1. The number of halogens is 2. The second-order valence-electron chi connectivity index (χ2n) is 10.6. The van der Waals surface area contributed by atoms with Crippen LogP contribution in [0.2, 0.25) is 0 Å². The maximum atomic E-state index is 15.2. The van der Waals surface area contributed by atoms with Crippen molar-refractivity contribution in [3.63, 3.8) is 0 Å². The summed E-state index contributed by atoms with van der Waals surface area (Å²) in [4.78, 5) is 28.1. The SMILES string of the molecule is COCCCNC(=O)CN1C(=O)CS[C@@H](c2ccc(F)cc2F)c2c(C(C)(C)C)nn(-c3ccc(C)cc3)c21. The van der Waals surface area contributed by atoms with Gasteiger partial charge in [-0.05, 0) is 31.5 Å². The summed E-state index contributed by atoms with van der Waals surface area (Å²) in [7, 11) is 1.59. The third-order valence-corrected chi connectivity index (χ3v) is 7.71. The van der Waals surface area contributed by atoms with E-state index in [1.165, 1.54) is 28.8 Å². The molecule has 0 saturated carbocycles. The minimum absolute atomic E-state index is 0.00456. The first-order valence-electron chi connectivity index (χ1n) is 12.8. The van der Waals surface area contributed by atoms with Gasteiger partial charge < -0.3 is 10.1 Å². The van der Waals surface area contributed by atoms with E-state index in [1.807, 2.05) is 52.0 Å². The molecule has 2 aromatic carbocycles. The molecule has 7 nitrogen and oxygen atoms in total. The number of nitrogens with zero attached hydrogens (tertiary/aromatic N) is 3. The van der Waals surface area contributed by atoms with E-state index >= 15 is 4.39 Å². The van der Waals surface area contributed by atoms with E-state index in [1.54, 1.807) is 11.8 Å². The van der Waals surface area contributed by atoms with E-state index in [0.29, 0.717) is 42.3 Å². The Morgan fingerprint density at radius 2 is 1.90 bits per heavy atom. The van der Waals surface area contributed by atoms with Crippen LogP contribution in [0.1, 0.15) is 54.8 Å². The van der Waals surface area contributed by atoms with Crippen molar-refractivity contribution in [3.8, 4) is 5.69 Å². The number of aryl methyl sites for hydroxylation is 1. The van der Waals surface area contributed by atoms with Gasteiger partial charge in [-0.25, -0.2) is 13.5 Å². The molecule has 1 aromatic heterocycles. The highest BCUT2D eigenvalue weighted by molar-refractivity contribution is 8.00. The van der Waals surface area contributed by atoms with Gasteiger partial charge in [0.25, 0.3) is 0 Å². The van der Waals surface area contributed by atoms with Crippen molar-refractivity contribution in [2.24, 2.45) is 0 Å². The van der Waals surface area contributed by atoms with Gasteiger partial charge in [0, 0.05) is 42.9 Å². The summed E-state index contributed by atoms with van der Waals surface area (Å²) in [6.07, 6.45) is 0.638. The van der Waals surface area contributed by atoms with Crippen molar-refractivity contribution in [1.29, 1.82) is 0 Å². The third-order valence-electron chi connectivity index (χ3n) is 6.47. The number of ether oxygens (including phenoxy) is 1. The Kier molecular flexibility index (Phi) is 8.76. The monoisotopic (exact) mass is 556 g/mol. The first kappa shape index (κ1) is 28.8. The molecule has 0 spiro atoms. The van der Waals surface area contributed by atoms with Crippen LogP contribution >= 0.6 is 11.8 Å². The number of rotatable bonds is 8. The number of carbonyl (C=O) groups excluding carboxylic acids is 2. The molecule has 1 aliphatic rings. The van der Waals surface area contributed by atoms with Crippen molar-refractivity contribution in [1.82, 2.24) is 15.1 Å². The zero-order valence-electron chi connectivity index (χ0n) is 22.9. The van der Waals surface area contributed by atoms with Crippen LogP contribution in [0.4, 0.5) is 14.6 Å². The van der Waals surface area contributed by atoms with Crippen LogP contribution in [0.15, 0.2) is 42.5 Å². The van der Waals surface area contributed by atoms with Gasteiger partial charge in [0.15, 0.2) is 0 Å². The molecule has 1 N–H and O–H groups in total. The zero-order valence-corrected chi connectivity index (χ0v) is 23.7. The van der Waals surface area contributed by atoms with Gasteiger partial charge in [0.05, 0.1) is 22.4 Å². The van der Waals surface area contributed by atoms with Crippen LogP contribution in [0.25, 0.3) is 5.69 Å². The molecule has 39 heavy (non-hydrogen) atoms. The zero-order chi connectivity index (χ0) is 28.3. The van der Waals surface area contributed by atoms with Gasteiger partial charge in [-0.2, -0.15) is 5.10 Å². The Bertz CT molecular complexity index is 1350. The summed E-state index contributed by atoms with van der Waals surface area (Å²) < 4.78 is 35.8. The van der Waals surface area contributed by atoms with Crippen LogP contribution in [0.5, 0.6) is 0 Å². The van der Waals surface area contributed by atoms with Crippen LogP contribution in [0, 0.1) is 18.6 Å².